The summed E-state index contributed by atoms with van der Waals surface area (Å²) >= 11 is 0. The summed E-state index contributed by atoms with van der Waals surface area (Å²) in [5.41, 5.74) is 1.93. The molecule has 0 aromatic heterocycles. The highest BCUT2D eigenvalue weighted by atomic mass is 32.2. The number of esters is 1. The number of rotatable bonds is 10. The fourth-order valence-electron chi connectivity index (χ4n) is 2.96. The molecular formula is C22H28N2O5S. The molecule has 30 heavy (non-hydrogen) atoms. The van der Waals surface area contributed by atoms with Gasteiger partial charge in [0.2, 0.25) is 10.0 Å². The lowest BCUT2D eigenvalue weighted by molar-refractivity contribution is -0.147. The van der Waals surface area contributed by atoms with Crippen LogP contribution >= 0.6 is 0 Å². The Kier molecular flexibility index (Phi) is 8.56. The van der Waals surface area contributed by atoms with Gasteiger partial charge in [0.05, 0.1) is 4.90 Å². The number of aryl methyl sites for hydroxylation is 2. The molecule has 0 aliphatic carbocycles. The second-order valence-electron chi connectivity index (χ2n) is 6.76. The summed E-state index contributed by atoms with van der Waals surface area (Å²) in [6, 6.07) is 14.2. The molecular weight excluding hydrogens is 404 g/mol. The Morgan fingerprint density at radius 2 is 1.70 bits per heavy atom. The zero-order valence-electron chi connectivity index (χ0n) is 17.6. The van der Waals surface area contributed by atoms with Gasteiger partial charge >= 0.3 is 5.97 Å². The van der Waals surface area contributed by atoms with Crippen LogP contribution in [0.15, 0.2) is 53.4 Å². The van der Waals surface area contributed by atoms with Crippen molar-refractivity contribution in [1.82, 2.24) is 4.31 Å². The van der Waals surface area contributed by atoms with E-state index in [9.17, 15) is 18.0 Å². The van der Waals surface area contributed by atoms with Crippen molar-refractivity contribution in [2.24, 2.45) is 0 Å². The predicted octanol–water partition coefficient (Wildman–Crippen LogP) is 3.14. The molecule has 2 rings (SSSR count). The molecule has 0 bridgehead atoms. The maximum Gasteiger partial charge on any atom is 0.306 e. The van der Waals surface area contributed by atoms with Gasteiger partial charge in [0.15, 0.2) is 6.61 Å². The van der Waals surface area contributed by atoms with Gasteiger partial charge in [-0.05, 0) is 36.6 Å². The van der Waals surface area contributed by atoms with Crippen LogP contribution in [-0.4, -0.2) is 44.3 Å². The van der Waals surface area contributed by atoms with Gasteiger partial charge in [-0.25, -0.2) is 8.42 Å². The van der Waals surface area contributed by atoms with Crippen molar-refractivity contribution in [2.75, 3.05) is 25.0 Å². The number of carbonyl (C=O) groups excluding carboxylic acids is 2. The van der Waals surface area contributed by atoms with Gasteiger partial charge in [-0.15, -0.1) is 0 Å². The maximum atomic E-state index is 12.8. The Labute approximate surface area is 178 Å². The van der Waals surface area contributed by atoms with Gasteiger partial charge in [-0.1, -0.05) is 50.2 Å². The summed E-state index contributed by atoms with van der Waals surface area (Å²) in [4.78, 5) is 24.1. The predicted molar refractivity (Wildman–Crippen MR) is 116 cm³/mol. The molecule has 0 spiro atoms. The first kappa shape index (κ1) is 23.6. The maximum absolute atomic E-state index is 12.8. The molecule has 2 aromatic rings. The van der Waals surface area contributed by atoms with Crippen molar-refractivity contribution in [1.29, 1.82) is 0 Å². The Balaban J connectivity index is 1.94. The standard InChI is InChI=1S/C22H28N2O5S/c1-4-24(5-2)30(27,28)20-15-19(13-11-17(20)3)23-21(25)16-29-22(26)14-12-18-9-7-6-8-10-18/h6-11,13,15H,4-5,12,14,16H2,1-3H3,(H,23,25). The third-order valence-electron chi connectivity index (χ3n) is 4.62. The van der Waals surface area contributed by atoms with Crippen LogP contribution in [0, 0.1) is 6.92 Å². The number of carbonyl (C=O) groups is 2. The summed E-state index contributed by atoms with van der Waals surface area (Å²) in [5, 5.41) is 2.59. The van der Waals surface area contributed by atoms with Gasteiger partial charge in [0, 0.05) is 25.2 Å². The molecule has 0 saturated heterocycles. The summed E-state index contributed by atoms with van der Waals surface area (Å²) in [7, 11) is -3.65. The number of benzene rings is 2. The largest absolute Gasteiger partial charge is 0.456 e. The quantitative estimate of drug-likeness (QED) is 0.582. The molecule has 0 fully saturated rings. The van der Waals surface area contributed by atoms with E-state index >= 15 is 0 Å². The van der Waals surface area contributed by atoms with Crippen molar-refractivity contribution in [3.8, 4) is 0 Å². The first-order chi connectivity index (χ1) is 14.3. The van der Waals surface area contributed by atoms with E-state index in [-0.39, 0.29) is 11.3 Å². The smallest absolute Gasteiger partial charge is 0.306 e. The van der Waals surface area contributed by atoms with E-state index in [1.807, 2.05) is 30.3 Å². The Morgan fingerprint density at radius 3 is 2.33 bits per heavy atom. The van der Waals surface area contributed by atoms with Crippen molar-refractivity contribution in [3.05, 3.63) is 59.7 Å². The fourth-order valence-corrected chi connectivity index (χ4v) is 4.67. The normalized spacial score (nSPS) is 11.3. The Hall–Kier alpha value is -2.71. The van der Waals surface area contributed by atoms with Crippen LogP contribution in [-0.2, 0) is 30.8 Å². The first-order valence-electron chi connectivity index (χ1n) is 9.88. The Bertz CT molecular complexity index is 970. The Morgan fingerprint density at radius 1 is 1.03 bits per heavy atom. The molecule has 162 valence electrons. The monoisotopic (exact) mass is 432 g/mol. The molecule has 0 heterocycles. The summed E-state index contributed by atoms with van der Waals surface area (Å²) in [5.74, 6) is -0.999. The highest BCUT2D eigenvalue weighted by molar-refractivity contribution is 7.89. The second-order valence-corrected chi connectivity index (χ2v) is 8.67. The van der Waals surface area contributed by atoms with Crippen molar-refractivity contribution in [2.45, 2.75) is 38.5 Å². The average molecular weight is 433 g/mol. The fraction of sp³-hybridized carbons (Fsp3) is 0.364. The van der Waals surface area contributed by atoms with Crippen LogP contribution in [0.2, 0.25) is 0 Å². The molecule has 2 aromatic carbocycles. The number of nitrogens with one attached hydrogen (secondary N) is 1. The summed E-state index contributed by atoms with van der Waals surface area (Å²) in [6.07, 6.45) is 0.708. The van der Waals surface area contributed by atoms with Crippen LogP contribution in [0.5, 0.6) is 0 Å². The number of anilines is 1. The van der Waals surface area contributed by atoms with Gasteiger partial charge in [0.25, 0.3) is 5.91 Å². The number of hydrogen-bond acceptors (Lipinski definition) is 5. The lowest BCUT2D eigenvalue weighted by Crippen LogP contribution is -2.31. The number of sulfonamides is 1. The molecule has 0 aliphatic heterocycles. The van der Waals surface area contributed by atoms with E-state index in [1.165, 1.54) is 10.4 Å². The van der Waals surface area contributed by atoms with E-state index in [0.717, 1.165) is 5.56 Å². The second kappa shape index (κ2) is 10.9. The zero-order chi connectivity index (χ0) is 22.1. The molecule has 0 atom stereocenters. The molecule has 0 saturated carbocycles. The molecule has 0 unspecified atom stereocenters. The lowest BCUT2D eigenvalue weighted by atomic mass is 10.1. The van der Waals surface area contributed by atoms with Crippen LogP contribution in [0.4, 0.5) is 5.69 Å². The first-order valence-corrected chi connectivity index (χ1v) is 11.3. The van der Waals surface area contributed by atoms with Gasteiger partial charge in [-0.3, -0.25) is 9.59 Å². The van der Waals surface area contributed by atoms with Crippen LogP contribution < -0.4 is 5.32 Å². The summed E-state index contributed by atoms with van der Waals surface area (Å²) < 4.78 is 32.0. The van der Waals surface area contributed by atoms with Crippen LogP contribution in [0.3, 0.4) is 0 Å². The molecule has 0 aliphatic rings. The molecule has 1 amide bonds. The number of ether oxygens (including phenoxy) is 1. The minimum Gasteiger partial charge on any atom is -0.456 e. The molecule has 7 nitrogen and oxygen atoms in total. The average Bonchev–Trinajstić information content (AvgIpc) is 2.73. The zero-order valence-corrected chi connectivity index (χ0v) is 18.4. The molecule has 8 heteroatoms. The van der Waals surface area contributed by atoms with E-state index in [4.69, 9.17) is 4.74 Å². The summed E-state index contributed by atoms with van der Waals surface area (Å²) in [6.45, 7) is 5.53. The van der Waals surface area contributed by atoms with Crippen molar-refractivity contribution < 1.29 is 22.7 Å². The minimum atomic E-state index is -3.65. The van der Waals surface area contributed by atoms with E-state index in [1.54, 1.807) is 32.9 Å². The van der Waals surface area contributed by atoms with E-state index < -0.39 is 28.5 Å². The topological polar surface area (TPSA) is 92.8 Å². The number of nitrogens with zero attached hydrogens (tertiary/aromatic N) is 1. The van der Waals surface area contributed by atoms with Crippen LogP contribution in [0.25, 0.3) is 0 Å². The van der Waals surface area contributed by atoms with E-state index in [2.05, 4.69) is 5.32 Å². The SMILES string of the molecule is CCN(CC)S(=O)(=O)c1cc(NC(=O)COC(=O)CCc2ccccc2)ccc1C. The van der Waals surface area contributed by atoms with Gasteiger partial charge in [0.1, 0.15) is 0 Å². The molecule has 0 radical (unpaired) electrons. The van der Waals surface area contributed by atoms with E-state index in [0.29, 0.717) is 30.8 Å². The van der Waals surface area contributed by atoms with Crippen LogP contribution in [0.1, 0.15) is 31.4 Å². The number of amides is 1. The third kappa shape index (κ3) is 6.40. The third-order valence-corrected chi connectivity index (χ3v) is 6.81. The van der Waals surface area contributed by atoms with Crippen molar-refractivity contribution in [3.63, 3.8) is 0 Å². The van der Waals surface area contributed by atoms with Crippen molar-refractivity contribution >= 4 is 27.6 Å². The van der Waals surface area contributed by atoms with Gasteiger partial charge < -0.3 is 10.1 Å². The highest BCUT2D eigenvalue weighted by Crippen LogP contribution is 2.23. The molecule has 1 N–H and O–H groups in total. The minimum absolute atomic E-state index is 0.142. The lowest BCUT2D eigenvalue weighted by Gasteiger charge is -2.20. The highest BCUT2D eigenvalue weighted by Gasteiger charge is 2.24. The number of hydrogen-bond donors (Lipinski definition) is 1. The van der Waals surface area contributed by atoms with Gasteiger partial charge in [-0.2, -0.15) is 4.31 Å².